The third-order valence-corrected chi connectivity index (χ3v) is 5.31. The molecule has 0 amide bonds. The van der Waals surface area contributed by atoms with Gasteiger partial charge < -0.3 is 5.32 Å². The highest BCUT2D eigenvalue weighted by Gasteiger charge is 2.24. The lowest BCUT2D eigenvalue weighted by Gasteiger charge is -2.31. The second kappa shape index (κ2) is 7.71. The van der Waals surface area contributed by atoms with Crippen molar-refractivity contribution in [3.05, 3.63) is 52.5 Å². The average molecular weight is 300 g/mol. The first-order valence-electron chi connectivity index (χ1n) is 8.10. The number of aromatic nitrogens is 1. The molecule has 1 aliphatic rings. The molecule has 0 aliphatic heterocycles. The van der Waals surface area contributed by atoms with Gasteiger partial charge in [-0.1, -0.05) is 49.6 Å². The van der Waals surface area contributed by atoms with Crippen LogP contribution < -0.4 is 5.32 Å². The molecule has 1 N–H and O–H groups in total. The van der Waals surface area contributed by atoms with Gasteiger partial charge in [-0.3, -0.25) is 0 Å². The van der Waals surface area contributed by atoms with Crippen LogP contribution in [-0.4, -0.2) is 11.5 Å². The maximum absolute atomic E-state index is 4.38. The Bertz CT molecular complexity index is 503. The second-order valence-corrected chi connectivity index (χ2v) is 6.90. The van der Waals surface area contributed by atoms with Crippen LogP contribution in [0.15, 0.2) is 41.9 Å². The van der Waals surface area contributed by atoms with Crippen molar-refractivity contribution >= 4 is 11.3 Å². The number of rotatable bonds is 6. The maximum Gasteiger partial charge on any atom is 0.0937 e. The summed E-state index contributed by atoms with van der Waals surface area (Å²) in [5.41, 5.74) is 1.45. The Morgan fingerprint density at radius 1 is 1.14 bits per heavy atom. The summed E-state index contributed by atoms with van der Waals surface area (Å²) in [7, 11) is 0. The molecule has 1 aromatic carbocycles. The van der Waals surface area contributed by atoms with Crippen LogP contribution in [0.2, 0.25) is 0 Å². The molecular weight excluding hydrogens is 276 g/mol. The Morgan fingerprint density at radius 2 is 1.95 bits per heavy atom. The van der Waals surface area contributed by atoms with Crippen LogP contribution in [0.25, 0.3) is 0 Å². The Labute approximate surface area is 131 Å². The molecule has 0 saturated heterocycles. The fourth-order valence-electron chi connectivity index (χ4n) is 3.40. The number of hydrogen-bond donors (Lipinski definition) is 1. The van der Waals surface area contributed by atoms with Gasteiger partial charge in [-0.2, -0.15) is 0 Å². The monoisotopic (exact) mass is 300 g/mol. The molecule has 112 valence electrons. The predicted molar refractivity (Wildman–Crippen MR) is 89.6 cm³/mol. The first-order chi connectivity index (χ1) is 10.4. The third-order valence-electron chi connectivity index (χ3n) is 4.47. The minimum absolute atomic E-state index is 0.506. The summed E-state index contributed by atoms with van der Waals surface area (Å²) in [6, 6.07) is 11.5. The lowest BCUT2D eigenvalue weighted by atomic mass is 9.81. The fourth-order valence-corrected chi connectivity index (χ4v) is 4.02. The van der Waals surface area contributed by atoms with E-state index in [1.54, 1.807) is 11.3 Å². The predicted octanol–water partition coefficient (Wildman–Crippen LogP) is 4.60. The van der Waals surface area contributed by atoms with Crippen molar-refractivity contribution < 1.29 is 0 Å². The van der Waals surface area contributed by atoms with Crippen LogP contribution in [0, 0.1) is 5.92 Å². The smallest absolute Gasteiger partial charge is 0.0937 e. The summed E-state index contributed by atoms with van der Waals surface area (Å²) in [5.74, 6) is 0.789. The summed E-state index contributed by atoms with van der Waals surface area (Å²) in [6.07, 6.45) is 9.86. The van der Waals surface area contributed by atoms with Crippen LogP contribution >= 0.6 is 11.3 Å². The fraction of sp³-hybridized carbons (Fsp3) is 0.500. The van der Waals surface area contributed by atoms with Crippen molar-refractivity contribution in [3.8, 4) is 0 Å². The Kier molecular flexibility index (Phi) is 5.41. The SMILES string of the molecule is c1ccc(C(NCCc2nccs2)C2CCCCC2)cc1. The van der Waals surface area contributed by atoms with Gasteiger partial charge in [0, 0.05) is 30.6 Å². The Balaban J connectivity index is 1.63. The van der Waals surface area contributed by atoms with Crippen molar-refractivity contribution in [1.29, 1.82) is 0 Å². The summed E-state index contributed by atoms with van der Waals surface area (Å²) < 4.78 is 0. The van der Waals surface area contributed by atoms with Gasteiger partial charge in [-0.15, -0.1) is 11.3 Å². The van der Waals surface area contributed by atoms with E-state index in [9.17, 15) is 0 Å². The van der Waals surface area contributed by atoms with Crippen molar-refractivity contribution in [1.82, 2.24) is 10.3 Å². The molecule has 0 bridgehead atoms. The zero-order valence-electron chi connectivity index (χ0n) is 12.5. The summed E-state index contributed by atoms with van der Waals surface area (Å²) in [5, 5.41) is 7.11. The molecule has 1 saturated carbocycles. The van der Waals surface area contributed by atoms with Gasteiger partial charge in [-0.25, -0.2) is 4.98 Å². The van der Waals surface area contributed by atoms with Crippen molar-refractivity contribution in [3.63, 3.8) is 0 Å². The van der Waals surface area contributed by atoms with Crippen LogP contribution in [0.5, 0.6) is 0 Å². The quantitative estimate of drug-likeness (QED) is 0.843. The lowest BCUT2D eigenvalue weighted by molar-refractivity contribution is 0.272. The average Bonchev–Trinajstić information content (AvgIpc) is 3.07. The Hall–Kier alpha value is -1.19. The zero-order valence-corrected chi connectivity index (χ0v) is 13.3. The first kappa shape index (κ1) is 14.7. The van der Waals surface area contributed by atoms with Crippen LogP contribution in [0.3, 0.4) is 0 Å². The largest absolute Gasteiger partial charge is 0.309 e. The highest BCUT2D eigenvalue weighted by Crippen LogP contribution is 2.34. The van der Waals surface area contributed by atoms with Gasteiger partial charge in [0.2, 0.25) is 0 Å². The second-order valence-electron chi connectivity index (χ2n) is 5.92. The number of nitrogens with one attached hydrogen (secondary N) is 1. The summed E-state index contributed by atoms with van der Waals surface area (Å²) >= 11 is 1.75. The molecule has 1 unspecified atom stereocenters. The number of hydrogen-bond acceptors (Lipinski definition) is 3. The molecule has 2 aromatic rings. The van der Waals surface area contributed by atoms with Gasteiger partial charge >= 0.3 is 0 Å². The molecule has 0 spiro atoms. The van der Waals surface area contributed by atoms with E-state index in [0.29, 0.717) is 6.04 Å². The number of nitrogens with zero attached hydrogens (tertiary/aromatic N) is 1. The minimum atomic E-state index is 0.506. The van der Waals surface area contributed by atoms with Gasteiger partial charge in [0.15, 0.2) is 0 Å². The normalized spacial score (nSPS) is 17.7. The minimum Gasteiger partial charge on any atom is -0.309 e. The van der Waals surface area contributed by atoms with Crippen LogP contribution in [-0.2, 0) is 6.42 Å². The number of benzene rings is 1. The molecule has 1 atom stereocenters. The highest BCUT2D eigenvalue weighted by atomic mass is 32.1. The van der Waals surface area contributed by atoms with Crippen LogP contribution in [0.1, 0.15) is 48.7 Å². The summed E-state index contributed by atoms with van der Waals surface area (Å²) in [6.45, 7) is 1.02. The van der Waals surface area contributed by atoms with E-state index in [1.165, 1.54) is 42.7 Å². The van der Waals surface area contributed by atoms with E-state index >= 15 is 0 Å². The summed E-state index contributed by atoms with van der Waals surface area (Å²) in [4.78, 5) is 4.38. The molecule has 3 heteroatoms. The first-order valence-corrected chi connectivity index (χ1v) is 8.98. The molecule has 3 rings (SSSR count). The van der Waals surface area contributed by atoms with Crippen molar-refractivity contribution in [2.45, 2.75) is 44.6 Å². The lowest BCUT2D eigenvalue weighted by Crippen LogP contribution is -2.31. The van der Waals surface area contributed by atoms with E-state index in [1.807, 2.05) is 6.20 Å². The third kappa shape index (κ3) is 4.14. The van der Waals surface area contributed by atoms with Gasteiger partial charge in [0.05, 0.1) is 5.01 Å². The number of thiazole rings is 1. The molecule has 1 heterocycles. The van der Waals surface area contributed by atoms with E-state index in [4.69, 9.17) is 0 Å². The van der Waals surface area contributed by atoms with E-state index < -0.39 is 0 Å². The van der Waals surface area contributed by atoms with E-state index in [-0.39, 0.29) is 0 Å². The van der Waals surface area contributed by atoms with Crippen molar-refractivity contribution in [2.24, 2.45) is 5.92 Å². The van der Waals surface area contributed by atoms with E-state index in [0.717, 1.165) is 18.9 Å². The molecular formula is C18H24N2S. The van der Waals surface area contributed by atoms with Crippen molar-refractivity contribution in [2.75, 3.05) is 6.54 Å². The molecule has 1 fully saturated rings. The van der Waals surface area contributed by atoms with Gasteiger partial charge in [-0.05, 0) is 24.3 Å². The van der Waals surface area contributed by atoms with E-state index in [2.05, 4.69) is 46.0 Å². The topological polar surface area (TPSA) is 24.9 Å². The molecule has 1 aromatic heterocycles. The van der Waals surface area contributed by atoms with Gasteiger partial charge in [0.1, 0.15) is 0 Å². The maximum atomic E-state index is 4.38. The van der Waals surface area contributed by atoms with Crippen LogP contribution in [0.4, 0.5) is 0 Å². The highest BCUT2D eigenvalue weighted by molar-refractivity contribution is 7.09. The molecule has 2 nitrogen and oxygen atoms in total. The molecule has 21 heavy (non-hydrogen) atoms. The van der Waals surface area contributed by atoms with Gasteiger partial charge in [0.25, 0.3) is 0 Å². The zero-order chi connectivity index (χ0) is 14.3. The Morgan fingerprint density at radius 3 is 2.67 bits per heavy atom. The standard InChI is InChI=1S/C18H24N2S/c1-3-7-15(8-4-1)18(16-9-5-2-6-10-16)20-12-11-17-19-13-14-21-17/h1,3-4,7-8,13-14,16,18,20H,2,5-6,9-12H2. The molecule has 1 aliphatic carbocycles. The molecule has 0 radical (unpaired) electrons.